The van der Waals surface area contributed by atoms with Gasteiger partial charge in [-0.2, -0.15) is 12.6 Å². The number of benzene rings is 1. The molecule has 2 aromatic rings. The lowest BCUT2D eigenvalue weighted by Gasteiger charge is -2.09. The molecule has 0 aliphatic rings. The lowest BCUT2D eigenvalue weighted by Crippen LogP contribution is -1.97. The molecular weight excluding hydrogens is 238 g/mol. The van der Waals surface area contributed by atoms with E-state index in [2.05, 4.69) is 22.6 Å². The third-order valence-electron chi connectivity index (χ3n) is 2.28. The number of non-ortho nitro benzene ring substituents is 1. The Labute approximate surface area is 103 Å². The Morgan fingerprint density at radius 2 is 1.94 bits per heavy atom. The summed E-state index contributed by atoms with van der Waals surface area (Å²) in [4.78, 5) is 18.2. The summed E-state index contributed by atoms with van der Waals surface area (Å²) in [5, 5.41) is 10.3. The highest BCUT2D eigenvalue weighted by Gasteiger charge is 2.12. The highest BCUT2D eigenvalue weighted by molar-refractivity contribution is 7.80. The van der Waals surface area contributed by atoms with Crippen molar-refractivity contribution < 1.29 is 4.92 Å². The van der Waals surface area contributed by atoms with Crippen molar-refractivity contribution in [2.75, 3.05) is 0 Å². The minimum atomic E-state index is -0.431. The maximum Gasteiger partial charge on any atom is 0.269 e. The van der Waals surface area contributed by atoms with Gasteiger partial charge in [-0.05, 0) is 5.56 Å². The molecule has 2 rings (SSSR count). The Morgan fingerprint density at radius 1 is 1.24 bits per heavy atom. The fourth-order valence-corrected chi connectivity index (χ4v) is 1.71. The van der Waals surface area contributed by atoms with Gasteiger partial charge in [-0.1, -0.05) is 12.1 Å². The van der Waals surface area contributed by atoms with Crippen LogP contribution >= 0.6 is 12.6 Å². The predicted molar refractivity (Wildman–Crippen MR) is 66.0 cm³/mol. The summed E-state index contributed by atoms with van der Waals surface area (Å²) in [5.74, 6) is 0. The van der Waals surface area contributed by atoms with Crippen LogP contribution in [0.25, 0.3) is 0 Å². The SMILES string of the molecule is O=[N+]([O-])c1ccc(C(S)c2cnccn2)cc1. The smallest absolute Gasteiger partial charge is 0.261 e. The molecule has 1 atom stereocenters. The Balaban J connectivity index is 2.26. The second-order valence-electron chi connectivity index (χ2n) is 3.38. The summed E-state index contributed by atoms with van der Waals surface area (Å²) < 4.78 is 0. The van der Waals surface area contributed by atoms with Crippen LogP contribution in [-0.2, 0) is 0 Å². The van der Waals surface area contributed by atoms with E-state index < -0.39 is 4.92 Å². The zero-order chi connectivity index (χ0) is 12.3. The highest BCUT2D eigenvalue weighted by Crippen LogP contribution is 2.27. The standard InChI is InChI=1S/C11H9N3O2S/c15-14(16)9-3-1-8(2-4-9)11(17)10-7-12-5-6-13-10/h1-7,11,17H. The zero-order valence-corrected chi connectivity index (χ0v) is 9.62. The topological polar surface area (TPSA) is 68.9 Å². The molecule has 5 nitrogen and oxygen atoms in total. The van der Waals surface area contributed by atoms with E-state index in [-0.39, 0.29) is 10.9 Å². The van der Waals surface area contributed by atoms with Gasteiger partial charge in [0.25, 0.3) is 5.69 Å². The molecule has 1 aromatic heterocycles. The largest absolute Gasteiger partial charge is 0.269 e. The van der Waals surface area contributed by atoms with E-state index >= 15 is 0 Å². The molecule has 0 saturated heterocycles. The van der Waals surface area contributed by atoms with E-state index in [0.29, 0.717) is 5.69 Å². The summed E-state index contributed by atoms with van der Waals surface area (Å²) in [6.07, 6.45) is 4.79. The van der Waals surface area contributed by atoms with Crippen molar-refractivity contribution in [2.24, 2.45) is 0 Å². The van der Waals surface area contributed by atoms with Crippen molar-refractivity contribution >= 4 is 18.3 Å². The van der Waals surface area contributed by atoms with Crippen LogP contribution < -0.4 is 0 Å². The van der Waals surface area contributed by atoms with Crippen molar-refractivity contribution in [1.82, 2.24) is 9.97 Å². The fraction of sp³-hybridized carbons (Fsp3) is 0.0909. The summed E-state index contributed by atoms with van der Waals surface area (Å²) >= 11 is 4.42. The normalized spacial score (nSPS) is 12.1. The minimum Gasteiger partial charge on any atom is -0.261 e. The van der Waals surface area contributed by atoms with Crippen molar-refractivity contribution in [3.8, 4) is 0 Å². The molecule has 1 heterocycles. The molecule has 0 fully saturated rings. The Morgan fingerprint density at radius 3 is 2.47 bits per heavy atom. The molecule has 0 amide bonds. The zero-order valence-electron chi connectivity index (χ0n) is 8.72. The third-order valence-corrected chi connectivity index (χ3v) is 2.85. The molecule has 0 bridgehead atoms. The van der Waals surface area contributed by atoms with Crippen LogP contribution in [0, 0.1) is 10.1 Å². The van der Waals surface area contributed by atoms with E-state index in [4.69, 9.17) is 0 Å². The number of thiol groups is 1. The fourth-order valence-electron chi connectivity index (χ4n) is 1.40. The van der Waals surface area contributed by atoms with E-state index in [1.54, 1.807) is 30.7 Å². The molecule has 86 valence electrons. The van der Waals surface area contributed by atoms with Crippen LogP contribution in [0.15, 0.2) is 42.9 Å². The van der Waals surface area contributed by atoms with Gasteiger partial charge in [-0.25, -0.2) is 0 Å². The molecule has 1 aromatic carbocycles. The van der Waals surface area contributed by atoms with E-state index in [1.807, 2.05) is 0 Å². The van der Waals surface area contributed by atoms with Crippen LogP contribution in [0.5, 0.6) is 0 Å². The van der Waals surface area contributed by atoms with Gasteiger partial charge in [-0.3, -0.25) is 20.1 Å². The lowest BCUT2D eigenvalue weighted by atomic mass is 10.1. The molecular formula is C11H9N3O2S. The number of rotatable bonds is 3. The number of hydrogen-bond donors (Lipinski definition) is 1. The number of nitrogens with zero attached hydrogens (tertiary/aromatic N) is 3. The van der Waals surface area contributed by atoms with E-state index in [9.17, 15) is 10.1 Å². The second-order valence-corrected chi connectivity index (χ2v) is 3.90. The lowest BCUT2D eigenvalue weighted by molar-refractivity contribution is -0.384. The van der Waals surface area contributed by atoms with Crippen LogP contribution in [-0.4, -0.2) is 14.9 Å². The van der Waals surface area contributed by atoms with Crippen LogP contribution in [0.2, 0.25) is 0 Å². The average molecular weight is 247 g/mol. The third kappa shape index (κ3) is 2.59. The molecule has 0 saturated carbocycles. The average Bonchev–Trinajstić information content (AvgIpc) is 2.39. The highest BCUT2D eigenvalue weighted by atomic mass is 32.1. The van der Waals surface area contributed by atoms with Crippen LogP contribution in [0.3, 0.4) is 0 Å². The summed E-state index contributed by atoms with van der Waals surface area (Å²) in [7, 11) is 0. The van der Waals surface area contributed by atoms with Crippen LogP contribution in [0.1, 0.15) is 16.5 Å². The first kappa shape index (κ1) is 11.5. The maximum atomic E-state index is 10.5. The first-order valence-corrected chi connectivity index (χ1v) is 5.38. The minimum absolute atomic E-state index is 0.0634. The Hall–Kier alpha value is -1.95. The Bertz CT molecular complexity index is 516. The van der Waals surface area contributed by atoms with Crippen molar-refractivity contribution in [3.05, 3.63) is 64.2 Å². The van der Waals surface area contributed by atoms with Gasteiger partial charge < -0.3 is 0 Å². The number of aromatic nitrogens is 2. The molecule has 6 heteroatoms. The number of hydrogen-bond acceptors (Lipinski definition) is 5. The van der Waals surface area contributed by atoms with Gasteiger partial charge in [0.05, 0.1) is 15.9 Å². The van der Waals surface area contributed by atoms with Gasteiger partial charge in [0.15, 0.2) is 0 Å². The molecule has 0 N–H and O–H groups in total. The van der Waals surface area contributed by atoms with Gasteiger partial charge in [0.1, 0.15) is 0 Å². The second kappa shape index (κ2) is 4.92. The van der Waals surface area contributed by atoms with Gasteiger partial charge in [-0.15, -0.1) is 0 Å². The quantitative estimate of drug-likeness (QED) is 0.513. The van der Waals surface area contributed by atoms with Crippen LogP contribution in [0.4, 0.5) is 5.69 Å². The van der Waals surface area contributed by atoms with Crippen molar-refractivity contribution in [1.29, 1.82) is 0 Å². The molecule has 17 heavy (non-hydrogen) atoms. The van der Waals surface area contributed by atoms with Gasteiger partial charge in [0.2, 0.25) is 0 Å². The van der Waals surface area contributed by atoms with Gasteiger partial charge in [0, 0.05) is 30.7 Å². The number of nitro groups is 1. The summed E-state index contributed by atoms with van der Waals surface area (Å²) in [6, 6.07) is 6.25. The molecule has 0 radical (unpaired) electrons. The molecule has 0 spiro atoms. The molecule has 1 unspecified atom stereocenters. The predicted octanol–water partition coefficient (Wildman–Crippen LogP) is 2.40. The maximum absolute atomic E-state index is 10.5. The Kier molecular flexibility index (Phi) is 3.34. The van der Waals surface area contributed by atoms with E-state index in [0.717, 1.165) is 5.56 Å². The first-order chi connectivity index (χ1) is 8.18. The number of nitro benzene ring substituents is 1. The first-order valence-electron chi connectivity index (χ1n) is 4.87. The molecule has 0 aliphatic heterocycles. The van der Waals surface area contributed by atoms with Gasteiger partial charge >= 0.3 is 0 Å². The van der Waals surface area contributed by atoms with Crippen molar-refractivity contribution in [3.63, 3.8) is 0 Å². The van der Waals surface area contributed by atoms with Crippen molar-refractivity contribution in [2.45, 2.75) is 5.25 Å². The monoisotopic (exact) mass is 247 g/mol. The molecule has 0 aliphatic carbocycles. The summed E-state index contributed by atoms with van der Waals surface area (Å²) in [6.45, 7) is 0. The van der Waals surface area contributed by atoms with E-state index in [1.165, 1.54) is 12.1 Å². The summed E-state index contributed by atoms with van der Waals surface area (Å²) in [5.41, 5.74) is 1.62.